The van der Waals surface area contributed by atoms with Crippen molar-refractivity contribution in [1.82, 2.24) is 0 Å². The maximum Gasteiger partial charge on any atom is -0.0353 e. The van der Waals surface area contributed by atoms with Gasteiger partial charge in [-0.3, -0.25) is 0 Å². The van der Waals surface area contributed by atoms with E-state index in [0.717, 1.165) is 0 Å². The lowest BCUT2D eigenvalue weighted by Gasteiger charge is -1.87. The third-order valence-corrected chi connectivity index (χ3v) is 1.01. The molecule has 0 rings (SSSR count). The van der Waals surface area contributed by atoms with Gasteiger partial charge in [-0.05, 0) is 12.8 Å². The average molecular weight is 114 g/mol. The average Bonchev–Trinajstić information content (AvgIpc) is 1.69. The highest BCUT2D eigenvalue weighted by Crippen LogP contribution is 1.97. The number of unbranched alkanes of at least 4 members (excludes halogenated alkanes) is 3. The zero-order chi connectivity index (χ0) is 5.54. The quantitative estimate of drug-likeness (QED) is 0.388. The van der Waals surface area contributed by atoms with E-state index in [1.807, 2.05) is 6.08 Å². The van der Waals surface area contributed by atoms with Crippen LogP contribution >= 0.6 is 0 Å². The molecule has 0 saturated heterocycles. The Bertz CT molecular complexity index is 37.3. The lowest BCUT2D eigenvalue weighted by Crippen LogP contribution is -1.67. The topological polar surface area (TPSA) is 0 Å². The van der Waals surface area contributed by atoms with Gasteiger partial charge in [0, 0.05) is 0 Å². The molecule has 0 amide bonds. The van der Waals surface area contributed by atoms with E-state index in [1.54, 1.807) is 0 Å². The second-order valence-corrected chi connectivity index (χ2v) is 1.78. The maximum atomic E-state index is 3.63. The Kier molecular flexibility index (Phi) is 13.2. The van der Waals surface area contributed by atoms with Crippen molar-refractivity contribution >= 4 is 0 Å². The molecule has 50 valence electrons. The molecular weight excluding hydrogens is 96.1 g/mol. The van der Waals surface area contributed by atoms with Crippen LogP contribution in [0.25, 0.3) is 0 Å². The molecule has 0 N–H and O–H groups in total. The van der Waals surface area contributed by atoms with E-state index in [4.69, 9.17) is 0 Å². The molecule has 0 aliphatic rings. The third kappa shape index (κ3) is 9.22. The molecule has 0 radical (unpaired) electrons. The van der Waals surface area contributed by atoms with Crippen molar-refractivity contribution < 1.29 is 0 Å². The lowest BCUT2D eigenvalue weighted by molar-refractivity contribution is 0.730. The number of allylic oxidation sites excluding steroid dienone is 1. The van der Waals surface area contributed by atoms with E-state index in [0.29, 0.717) is 0 Å². The van der Waals surface area contributed by atoms with Crippen LogP contribution < -0.4 is 0 Å². The van der Waals surface area contributed by atoms with Crippen molar-refractivity contribution in [1.29, 1.82) is 0 Å². The highest BCUT2D eigenvalue weighted by Gasteiger charge is 1.77. The summed E-state index contributed by atoms with van der Waals surface area (Å²) in [5.41, 5.74) is 0. The summed E-state index contributed by atoms with van der Waals surface area (Å²) >= 11 is 0. The first kappa shape index (κ1) is 10.7. The van der Waals surface area contributed by atoms with Crippen LogP contribution in [0.2, 0.25) is 0 Å². The minimum Gasteiger partial charge on any atom is -0.103 e. The molecule has 8 heavy (non-hydrogen) atoms. The molecule has 0 aliphatic heterocycles. The molecule has 0 aromatic carbocycles. The second kappa shape index (κ2) is 9.88. The minimum atomic E-state index is 0. The predicted octanol–water partition coefficient (Wildman–Crippen LogP) is 3.39. The first-order valence-electron chi connectivity index (χ1n) is 3.02. The van der Waals surface area contributed by atoms with Crippen molar-refractivity contribution in [3.63, 3.8) is 0 Å². The summed E-state index contributed by atoms with van der Waals surface area (Å²) in [5.74, 6) is 0. The largest absolute Gasteiger partial charge is 0.103 e. The fourth-order valence-electron chi connectivity index (χ4n) is 0.539. The monoisotopic (exact) mass is 114 g/mol. The SMILES string of the molecule is C.C=CCCCCC. The van der Waals surface area contributed by atoms with Crippen LogP contribution in [-0.4, -0.2) is 0 Å². The highest BCUT2D eigenvalue weighted by molar-refractivity contribution is 4.64. The number of rotatable bonds is 4. The zero-order valence-electron chi connectivity index (χ0n) is 5.11. The molecule has 0 atom stereocenters. The Balaban J connectivity index is 0. The predicted molar refractivity (Wildman–Crippen MR) is 41.1 cm³/mol. The molecule has 0 heterocycles. The van der Waals surface area contributed by atoms with Gasteiger partial charge in [0.2, 0.25) is 0 Å². The van der Waals surface area contributed by atoms with Gasteiger partial charge in [-0.25, -0.2) is 0 Å². The summed E-state index contributed by atoms with van der Waals surface area (Å²) in [5, 5.41) is 0. The highest BCUT2D eigenvalue weighted by atomic mass is 13.8. The van der Waals surface area contributed by atoms with E-state index >= 15 is 0 Å². The van der Waals surface area contributed by atoms with Crippen LogP contribution in [0.3, 0.4) is 0 Å². The standard InChI is InChI=1S/C7H14.CH4/c1-3-5-7-6-4-2;/h3H,1,4-7H2,2H3;1H4. The fourth-order valence-corrected chi connectivity index (χ4v) is 0.539. The first-order chi connectivity index (χ1) is 3.41. The van der Waals surface area contributed by atoms with Gasteiger partial charge in [0.05, 0.1) is 0 Å². The van der Waals surface area contributed by atoms with Gasteiger partial charge in [-0.15, -0.1) is 6.58 Å². The van der Waals surface area contributed by atoms with Crippen molar-refractivity contribution in [2.24, 2.45) is 0 Å². The molecule has 0 bridgehead atoms. The molecule has 0 aromatic heterocycles. The lowest BCUT2D eigenvalue weighted by atomic mass is 10.2. The van der Waals surface area contributed by atoms with E-state index in [-0.39, 0.29) is 7.43 Å². The van der Waals surface area contributed by atoms with Gasteiger partial charge in [0.15, 0.2) is 0 Å². The second-order valence-electron chi connectivity index (χ2n) is 1.78. The van der Waals surface area contributed by atoms with E-state index in [1.165, 1.54) is 25.7 Å². The van der Waals surface area contributed by atoms with Gasteiger partial charge >= 0.3 is 0 Å². The molecule has 0 saturated carbocycles. The van der Waals surface area contributed by atoms with Crippen molar-refractivity contribution in [3.05, 3.63) is 12.7 Å². The third-order valence-electron chi connectivity index (χ3n) is 1.01. The Morgan fingerprint density at radius 3 is 2.38 bits per heavy atom. The van der Waals surface area contributed by atoms with Crippen LogP contribution in [0.5, 0.6) is 0 Å². The van der Waals surface area contributed by atoms with Crippen LogP contribution in [0.15, 0.2) is 12.7 Å². The van der Waals surface area contributed by atoms with Crippen LogP contribution in [0.1, 0.15) is 40.0 Å². The van der Waals surface area contributed by atoms with Crippen molar-refractivity contribution in [2.45, 2.75) is 40.0 Å². The van der Waals surface area contributed by atoms with Crippen molar-refractivity contribution in [3.8, 4) is 0 Å². The van der Waals surface area contributed by atoms with Gasteiger partial charge in [-0.2, -0.15) is 0 Å². The number of hydrogen-bond donors (Lipinski definition) is 0. The van der Waals surface area contributed by atoms with Crippen LogP contribution in [-0.2, 0) is 0 Å². The molecule has 0 nitrogen and oxygen atoms in total. The van der Waals surface area contributed by atoms with Gasteiger partial charge in [0.25, 0.3) is 0 Å². The molecule has 0 spiro atoms. The van der Waals surface area contributed by atoms with Crippen LogP contribution in [0.4, 0.5) is 0 Å². The molecule has 0 aromatic rings. The Labute approximate surface area is 53.6 Å². The molecule has 0 heteroatoms. The van der Waals surface area contributed by atoms with Gasteiger partial charge < -0.3 is 0 Å². The maximum absolute atomic E-state index is 3.63. The van der Waals surface area contributed by atoms with Gasteiger partial charge in [0.1, 0.15) is 0 Å². The summed E-state index contributed by atoms with van der Waals surface area (Å²) in [6.45, 7) is 5.84. The van der Waals surface area contributed by atoms with E-state index in [2.05, 4.69) is 13.5 Å². The first-order valence-corrected chi connectivity index (χ1v) is 3.02. The van der Waals surface area contributed by atoms with Gasteiger partial charge in [-0.1, -0.05) is 33.3 Å². The summed E-state index contributed by atoms with van der Waals surface area (Å²) in [6, 6.07) is 0. The van der Waals surface area contributed by atoms with Crippen LogP contribution in [0, 0.1) is 0 Å². The molecule has 0 unspecified atom stereocenters. The zero-order valence-corrected chi connectivity index (χ0v) is 5.11. The number of hydrogen-bond acceptors (Lipinski definition) is 0. The Morgan fingerprint density at radius 2 is 2.00 bits per heavy atom. The Hall–Kier alpha value is -0.260. The molecule has 0 aliphatic carbocycles. The normalized spacial score (nSPS) is 7.62. The van der Waals surface area contributed by atoms with E-state index in [9.17, 15) is 0 Å². The fraction of sp³-hybridized carbons (Fsp3) is 0.750. The summed E-state index contributed by atoms with van der Waals surface area (Å²) in [7, 11) is 0. The Morgan fingerprint density at radius 1 is 1.38 bits per heavy atom. The summed E-state index contributed by atoms with van der Waals surface area (Å²) in [4.78, 5) is 0. The smallest absolute Gasteiger partial charge is 0.0353 e. The summed E-state index contributed by atoms with van der Waals surface area (Å²) < 4.78 is 0. The van der Waals surface area contributed by atoms with E-state index < -0.39 is 0 Å². The molecular formula is C8H18. The molecule has 0 fully saturated rings. The van der Waals surface area contributed by atoms with Crippen molar-refractivity contribution in [2.75, 3.05) is 0 Å². The minimum absolute atomic E-state index is 0. The summed E-state index contributed by atoms with van der Waals surface area (Å²) in [6.07, 6.45) is 7.16.